The van der Waals surface area contributed by atoms with Gasteiger partial charge >= 0.3 is 0 Å². The molecular formula is C18H26NP. The third-order valence-corrected chi connectivity index (χ3v) is 3.69. The zero-order chi connectivity index (χ0) is 15.0. The van der Waals surface area contributed by atoms with Crippen LogP contribution in [0.1, 0.15) is 42.9 Å². The molecule has 2 atom stereocenters. The molecule has 0 heterocycles. The topological polar surface area (TPSA) is 26.0 Å². The Bertz CT molecular complexity index is 522. The van der Waals surface area contributed by atoms with Crippen LogP contribution in [0, 0.1) is 6.92 Å². The molecule has 0 fully saturated rings. The van der Waals surface area contributed by atoms with E-state index < -0.39 is 0 Å². The van der Waals surface area contributed by atoms with Crippen LogP contribution in [0.2, 0.25) is 0 Å². The first-order chi connectivity index (χ1) is 9.72. The van der Waals surface area contributed by atoms with Crippen LogP contribution in [0.5, 0.6) is 0 Å². The Labute approximate surface area is 125 Å². The number of hydrogen-bond acceptors (Lipinski definition) is 1. The highest BCUT2D eigenvalue weighted by Gasteiger charge is 2.15. The molecule has 0 aliphatic heterocycles. The minimum Gasteiger partial charge on any atom is -0.330 e. The van der Waals surface area contributed by atoms with Gasteiger partial charge in [0.05, 0.1) is 0 Å². The molecule has 0 amide bonds. The Morgan fingerprint density at radius 2 is 1.75 bits per heavy atom. The second-order valence-corrected chi connectivity index (χ2v) is 5.32. The van der Waals surface area contributed by atoms with Gasteiger partial charge in [0.15, 0.2) is 0 Å². The van der Waals surface area contributed by atoms with E-state index in [0.29, 0.717) is 12.5 Å². The van der Waals surface area contributed by atoms with Gasteiger partial charge in [-0.1, -0.05) is 62.4 Å². The molecule has 0 saturated heterocycles. The van der Waals surface area contributed by atoms with Crippen LogP contribution in [-0.2, 0) is 0 Å². The van der Waals surface area contributed by atoms with Crippen LogP contribution < -0.4 is 11.0 Å². The summed E-state index contributed by atoms with van der Waals surface area (Å²) in [5.41, 5.74) is 9.86. The number of rotatable bonds is 4. The Morgan fingerprint density at radius 1 is 1.05 bits per heavy atom. The summed E-state index contributed by atoms with van der Waals surface area (Å²) in [6, 6.07) is 17.2. The second-order valence-electron chi connectivity index (χ2n) is 4.66. The summed E-state index contributed by atoms with van der Waals surface area (Å²) in [6.45, 7) is 6.88. The van der Waals surface area contributed by atoms with Gasteiger partial charge in [-0.15, -0.1) is 9.24 Å². The molecule has 0 spiro atoms. The first-order valence-corrected chi connectivity index (χ1v) is 7.91. The lowest BCUT2D eigenvalue weighted by Crippen LogP contribution is -2.11. The zero-order valence-electron chi connectivity index (χ0n) is 12.8. The Hall–Kier alpha value is -1.17. The molecule has 2 aromatic rings. The van der Waals surface area contributed by atoms with Crippen LogP contribution in [0.25, 0.3) is 0 Å². The highest BCUT2D eigenvalue weighted by molar-refractivity contribution is 7.27. The maximum atomic E-state index is 5.79. The molecule has 0 aliphatic carbocycles. The van der Waals surface area contributed by atoms with Crippen molar-refractivity contribution < 1.29 is 0 Å². The minimum absolute atomic E-state index is 0.400. The van der Waals surface area contributed by atoms with Gasteiger partial charge in [0.25, 0.3) is 0 Å². The van der Waals surface area contributed by atoms with Gasteiger partial charge in [0.2, 0.25) is 0 Å². The van der Waals surface area contributed by atoms with Crippen LogP contribution in [0.3, 0.4) is 0 Å². The minimum atomic E-state index is 0.400. The molecular weight excluding hydrogens is 261 g/mol. The SMILES string of the molecule is CC.Cc1ccccc1C(CCN)c1cccc(P)c1. The molecule has 2 rings (SSSR count). The monoisotopic (exact) mass is 287 g/mol. The van der Waals surface area contributed by atoms with Crippen molar-refractivity contribution in [2.24, 2.45) is 5.73 Å². The van der Waals surface area contributed by atoms with E-state index >= 15 is 0 Å². The molecule has 0 bridgehead atoms. The third-order valence-electron chi connectivity index (χ3n) is 3.33. The quantitative estimate of drug-likeness (QED) is 0.845. The lowest BCUT2D eigenvalue weighted by Gasteiger charge is -2.19. The standard InChI is InChI=1S/C16H20NP.C2H6/c1-12-5-2-3-8-15(12)16(9-10-17)13-6-4-7-14(18)11-13;1-2/h2-8,11,16H,9-10,17-18H2,1H3;1-2H3. The molecule has 0 radical (unpaired) electrons. The van der Waals surface area contributed by atoms with Gasteiger partial charge in [-0.25, -0.2) is 0 Å². The smallest absolute Gasteiger partial charge is 0.0104 e. The van der Waals surface area contributed by atoms with Gasteiger partial charge in [-0.05, 0) is 41.9 Å². The molecule has 2 unspecified atom stereocenters. The number of hydrogen-bond donors (Lipinski definition) is 1. The van der Waals surface area contributed by atoms with Crippen molar-refractivity contribution in [3.8, 4) is 0 Å². The average Bonchev–Trinajstić information content (AvgIpc) is 2.48. The van der Waals surface area contributed by atoms with E-state index in [-0.39, 0.29) is 0 Å². The normalized spacial score (nSPS) is 11.4. The predicted molar refractivity (Wildman–Crippen MR) is 93.8 cm³/mol. The zero-order valence-corrected chi connectivity index (χ0v) is 13.9. The summed E-state index contributed by atoms with van der Waals surface area (Å²) in [5.74, 6) is 0.400. The average molecular weight is 287 g/mol. The van der Waals surface area contributed by atoms with Crippen LogP contribution in [0.15, 0.2) is 48.5 Å². The summed E-state index contributed by atoms with van der Waals surface area (Å²) in [5, 5.41) is 1.23. The maximum absolute atomic E-state index is 5.79. The third kappa shape index (κ3) is 4.44. The number of aryl methyl sites for hydroxylation is 1. The second kappa shape index (κ2) is 8.89. The van der Waals surface area contributed by atoms with E-state index in [1.807, 2.05) is 13.8 Å². The van der Waals surface area contributed by atoms with Gasteiger partial charge in [-0.3, -0.25) is 0 Å². The fourth-order valence-electron chi connectivity index (χ4n) is 2.42. The van der Waals surface area contributed by atoms with Gasteiger partial charge in [-0.2, -0.15) is 0 Å². The van der Waals surface area contributed by atoms with Crippen molar-refractivity contribution >= 4 is 14.5 Å². The van der Waals surface area contributed by atoms with Crippen LogP contribution in [-0.4, -0.2) is 6.54 Å². The van der Waals surface area contributed by atoms with Crippen molar-refractivity contribution in [1.29, 1.82) is 0 Å². The summed E-state index contributed by atoms with van der Waals surface area (Å²) < 4.78 is 0. The lowest BCUT2D eigenvalue weighted by atomic mass is 9.86. The van der Waals surface area contributed by atoms with Crippen molar-refractivity contribution in [3.63, 3.8) is 0 Å². The molecule has 1 nitrogen and oxygen atoms in total. The molecule has 2 heteroatoms. The van der Waals surface area contributed by atoms with E-state index in [0.717, 1.165) is 6.42 Å². The van der Waals surface area contributed by atoms with Crippen molar-refractivity contribution in [1.82, 2.24) is 0 Å². The summed E-state index contributed by atoms with van der Waals surface area (Å²) in [6.07, 6.45) is 0.985. The highest BCUT2D eigenvalue weighted by Crippen LogP contribution is 2.29. The van der Waals surface area contributed by atoms with Crippen molar-refractivity contribution in [2.45, 2.75) is 33.1 Å². The van der Waals surface area contributed by atoms with Crippen LogP contribution >= 0.6 is 9.24 Å². The molecule has 0 aliphatic rings. The van der Waals surface area contributed by atoms with E-state index in [2.05, 4.69) is 64.7 Å². The van der Waals surface area contributed by atoms with Gasteiger partial charge in [0.1, 0.15) is 0 Å². The molecule has 108 valence electrons. The fourth-order valence-corrected chi connectivity index (χ4v) is 2.73. The number of benzene rings is 2. The fraction of sp³-hybridized carbons (Fsp3) is 0.333. The molecule has 0 saturated carbocycles. The van der Waals surface area contributed by atoms with E-state index in [4.69, 9.17) is 5.73 Å². The van der Waals surface area contributed by atoms with Gasteiger partial charge < -0.3 is 5.73 Å². The Balaban J connectivity index is 0.000000956. The summed E-state index contributed by atoms with van der Waals surface area (Å²) in [4.78, 5) is 0. The molecule has 2 N–H and O–H groups in total. The Kier molecular flexibility index (Phi) is 7.51. The lowest BCUT2D eigenvalue weighted by molar-refractivity contribution is 0.722. The molecule has 20 heavy (non-hydrogen) atoms. The van der Waals surface area contributed by atoms with E-state index in [1.165, 1.54) is 22.0 Å². The van der Waals surface area contributed by atoms with E-state index in [9.17, 15) is 0 Å². The molecule has 2 aromatic carbocycles. The molecule has 0 aromatic heterocycles. The summed E-state index contributed by atoms with van der Waals surface area (Å²) >= 11 is 0. The Morgan fingerprint density at radius 3 is 2.35 bits per heavy atom. The first-order valence-electron chi connectivity index (χ1n) is 7.33. The maximum Gasteiger partial charge on any atom is 0.0104 e. The van der Waals surface area contributed by atoms with Gasteiger partial charge in [0, 0.05) is 5.92 Å². The highest BCUT2D eigenvalue weighted by atomic mass is 31.0. The first kappa shape index (κ1) is 16.9. The summed E-state index contributed by atoms with van der Waals surface area (Å²) in [7, 11) is 2.76. The van der Waals surface area contributed by atoms with Crippen molar-refractivity contribution in [2.75, 3.05) is 6.54 Å². The van der Waals surface area contributed by atoms with E-state index in [1.54, 1.807) is 0 Å². The largest absolute Gasteiger partial charge is 0.330 e. The predicted octanol–water partition coefficient (Wildman–Crippen LogP) is 4.00. The number of nitrogens with two attached hydrogens (primary N) is 1. The van der Waals surface area contributed by atoms with Crippen molar-refractivity contribution in [3.05, 3.63) is 65.2 Å². The van der Waals surface area contributed by atoms with Crippen LogP contribution in [0.4, 0.5) is 0 Å².